The lowest BCUT2D eigenvalue weighted by Gasteiger charge is -2.21. The Hall–Kier alpha value is -1.85. The third kappa shape index (κ3) is 3.87. The fourth-order valence-electron chi connectivity index (χ4n) is 2.08. The van der Waals surface area contributed by atoms with Gasteiger partial charge in [0.05, 0.1) is 5.41 Å². The molecule has 0 aliphatic heterocycles. The summed E-state index contributed by atoms with van der Waals surface area (Å²) in [5.74, 6) is -0.00588. The molecule has 2 N–H and O–H groups in total. The van der Waals surface area contributed by atoms with E-state index < -0.39 is 11.0 Å². The van der Waals surface area contributed by atoms with Crippen molar-refractivity contribution in [2.45, 2.75) is 27.2 Å². The molecule has 120 valence electrons. The van der Waals surface area contributed by atoms with Gasteiger partial charge in [-0.05, 0) is 51.4 Å². The number of carbonyl (C=O) groups excluding carboxylic acids is 1. The average molecular weight is 326 g/mol. The SMILES string of the molecule is Cc1cc(=O)oc2cc(OC(=O)C(C)(C)CCN)ccc12.Cl. The maximum absolute atomic E-state index is 12.1. The van der Waals surface area contributed by atoms with Gasteiger partial charge >= 0.3 is 11.6 Å². The molecule has 0 saturated carbocycles. The standard InChI is InChI=1S/C16H19NO4.ClH/c1-10-8-14(18)21-13-9-11(4-5-12(10)13)20-15(19)16(2,3)6-7-17;/h4-5,8-9H,6-7,17H2,1-3H3;1H. The monoisotopic (exact) mass is 325 g/mol. The van der Waals surface area contributed by atoms with Crippen LogP contribution < -0.4 is 16.1 Å². The van der Waals surface area contributed by atoms with Gasteiger partial charge in [0.15, 0.2) is 0 Å². The smallest absolute Gasteiger partial charge is 0.336 e. The number of hydrogen-bond acceptors (Lipinski definition) is 5. The lowest BCUT2D eigenvalue weighted by Crippen LogP contribution is -2.31. The van der Waals surface area contributed by atoms with Crippen molar-refractivity contribution < 1.29 is 13.9 Å². The van der Waals surface area contributed by atoms with Crippen LogP contribution in [0.5, 0.6) is 5.75 Å². The fourth-order valence-corrected chi connectivity index (χ4v) is 2.08. The number of hydrogen-bond donors (Lipinski definition) is 1. The zero-order valence-corrected chi connectivity index (χ0v) is 13.7. The summed E-state index contributed by atoms with van der Waals surface area (Å²) in [6.07, 6.45) is 0.535. The highest BCUT2D eigenvalue weighted by atomic mass is 35.5. The highest BCUT2D eigenvalue weighted by Crippen LogP contribution is 2.26. The first kappa shape index (κ1) is 18.2. The van der Waals surface area contributed by atoms with E-state index in [-0.39, 0.29) is 18.4 Å². The van der Waals surface area contributed by atoms with E-state index in [4.69, 9.17) is 14.9 Å². The molecule has 6 heteroatoms. The molecule has 0 fully saturated rings. The van der Waals surface area contributed by atoms with E-state index >= 15 is 0 Å². The van der Waals surface area contributed by atoms with E-state index in [1.807, 2.05) is 6.92 Å². The van der Waals surface area contributed by atoms with E-state index in [2.05, 4.69) is 0 Å². The van der Waals surface area contributed by atoms with Crippen LogP contribution in [0.2, 0.25) is 0 Å². The second-order valence-corrected chi connectivity index (χ2v) is 5.72. The number of esters is 1. The van der Waals surface area contributed by atoms with Crippen molar-refractivity contribution in [1.29, 1.82) is 0 Å². The van der Waals surface area contributed by atoms with Crippen LogP contribution in [-0.2, 0) is 4.79 Å². The Morgan fingerprint density at radius 1 is 1.32 bits per heavy atom. The molecule has 0 radical (unpaired) electrons. The number of ether oxygens (including phenoxy) is 1. The topological polar surface area (TPSA) is 82.5 Å². The average Bonchev–Trinajstić information content (AvgIpc) is 2.37. The van der Waals surface area contributed by atoms with Crippen molar-refractivity contribution >= 4 is 29.3 Å². The molecule has 1 aromatic carbocycles. The first-order valence-corrected chi connectivity index (χ1v) is 6.80. The third-order valence-corrected chi connectivity index (χ3v) is 3.46. The fraction of sp³-hybridized carbons (Fsp3) is 0.375. The Morgan fingerprint density at radius 3 is 2.64 bits per heavy atom. The quantitative estimate of drug-likeness (QED) is 0.531. The van der Waals surface area contributed by atoms with Gasteiger partial charge < -0.3 is 14.9 Å². The Balaban J connectivity index is 0.00000242. The Bertz CT molecular complexity index is 736. The summed E-state index contributed by atoms with van der Waals surface area (Å²) in [6.45, 7) is 5.81. The Labute approximate surface area is 134 Å². The molecule has 2 rings (SSSR count). The molecule has 0 saturated heterocycles. The number of carbonyl (C=O) groups is 1. The van der Waals surface area contributed by atoms with Crippen LogP contribution in [0.3, 0.4) is 0 Å². The maximum Gasteiger partial charge on any atom is 0.336 e. The zero-order valence-electron chi connectivity index (χ0n) is 12.8. The van der Waals surface area contributed by atoms with E-state index in [9.17, 15) is 9.59 Å². The van der Waals surface area contributed by atoms with Crippen LogP contribution in [0.25, 0.3) is 11.0 Å². The van der Waals surface area contributed by atoms with Crippen LogP contribution in [0, 0.1) is 12.3 Å². The summed E-state index contributed by atoms with van der Waals surface area (Å²) < 4.78 is 10.5. The first-order valence-electron chi connectivity index (χ1n) is 6.80. The molecule has 0 unspecified atom stereocenters. The number of aryl methyl sites for hydroxylation is 1. The van der Waals surface area contributed by atoms with Gasteiger partial charge in [0, 0.05) is 17.5 Å². The van der Waals surface area contributed by atoms with Gasteiger partial charge in [-0.25, -0.2) is 4.79 Å². The second-order valence-electron chi connectivity index (χ2n) is 5.72. The summed E-state index contributed by atoms with van der Waals surface area (Å²) in [6, 6.07) is 6.44. The van der Waals surface area contributed by atoms with Crippen LogP contribution in [-0.4, -0.2) is 12.5 Å². The minimum Gasteiger partial charge on any atom is -0.426 e. The molecule has 2 aromatic rings. The summed E-state index contributed by atoms with van der Waals surface area (Å²) >= 11 is 0. The van der Waals surface area contributed by atoms with Gasteiger partial charge in [0.2, 0.25) is 0 Å². The summed E-state index contributed by atoms with van der Waals surface area (Å²) in [4.78, 5) is 23.5. The summed E-state index contributed by atoms with van der Waals surface area (Å²) in [5.41, 5.74) is 5.64. The number of nitrogens with two attached hydrogens (primary N) is 1. The van der Waals surface area contributed by atoms with Crippen molar-refractivity contribution in [3.05, 3.63) is 40.2 Å². The lowest BCUT2D eigenvalue weighted by molar-refractivity contribution is -0.144. The molecule has 0 aliphatic carbocycles. The first-order chi connectivity index (χ1) is 9.83. The molecule has 22 heavy (non-hydrogen) atoms. The Morgan fingerprint density at radius 2 is 2.00 bits per heavy atom. The maximum atomic E-state index is 12.1. The second kappa shape index (κ2) is 6.94. The predicted molar refractivity (Wildman–Crippen MR) is 87.6 cm³/mol. The van der Waals surface area contributed by atoms with Gasteiger partial charge in [-0.2, -0.15) is 0 Å². The van der Waals surface area contributed by atoms with Gasteiger partial charge in [-0.1, -0.05) is 0 Å². The summed E-state index contributed by atoms with van der Waals surface area (Å²) in [7, 11) is 0. The highest BCUT2D eigenvalue weighted by molar-refractivity contribution is 5.85. The van der Waals surface area contributed by atoms with Crippen molar-refractivity contribution in [2.24, 2.45) is 11.1 Å². The molecular weight excluding hydrogens is 306 g/mol. The minimum absolute atomic E-state index is 0. The van der Waals surface area contributed by atoms with Crippen LogP contribution in [0.1, 0.15) is 25.8 Å². The third-order valence-electron chi connectivity index (χ3n) is 3.46. The van der Waals surface area contributed by atoms with E-state index in [0.717, 1.165) is 10.9 Å². The molecule has 0 spiro atoms. The number of rotatable bonds is 4. The number of halogens is 1. The molecule has 0 bridgehead atoms. The Kier molecular flexibility index (Phi) is 5.74. The largest absolute Gasteiger partial charge is 0.426 e. The molecule has 0 amide bonds. The number of benzene rings is 1. The van der Waals surface area contributed by atoms with Crippen molar-refractivity contribution in [3.8, 4) is 5.75 Å². The molecule has 5 nitrogen and oxygen atoms in total. The van der Waals surface area contributed by atoms with E-state index in [1.165, 1.54) is 6.07 Å². The van der Waals surface area contributed by atoms with Crippen molar-refractivity contribution in [3.63, 3.8) is 0 Å². The molecular formula is C16H20ClNO4. The minimum atomic E-state index is -0.656. The predicted octanol–water partition coefficient (Wildman–Crippen LogP) is 2.80. The van der Waals surface area contributed by atoms with Crippen molar-refractivity contribution in [2.75, 3.05) is 6.54 Å². The zero-order chi connectivity index (χ0) is 15.6. The van der Waals surface area contributed by atoms with Gasteiger partial charge in [0.1, 0.15) is 11.3 Å². The van der Waals surface area contributed by atoms with Gasteiger partial charge in [0.25, 0.3) is 0 Å². The van der Waals surface area contributed by atoms with E-state index in [0.29, 0.717) is 24.3 Å². The van der Waals surface area contributed by atoms with Crippen LogP contribution in [0.15, 0.2) is 33.5 Å². The van der Waals surface area contributed by atoms with Crippen LogP contribution in [0.4, 0.5) is 0 Å². The number of fused-ring (bicyclic) bond motifs is 1. The van der Waals surface area contributed by atoms with Crippen molar-refractivity contribution in [1.82, 2.24) is 0 Å². The van der Waals surface area contributed by atoms with Crippen LogP contribution >= 0.6 is 12.4 Å². The van der Waals surface area contributed by atoms with Gasteiger partial charge in [-0.15, -0.1) is 12.4 Å². The molecule has 0 atom stereocenters. The van der Waals surface area contributed by atoms with Gasteiger partial charge in [-0.3, -0.25) is 4.79 Å². The summed E-state index contributed by atoms with van der Waals surface area (Å²) in [5, 5.41) is 0.815. The lowest BCUT2D eigenvalue weighted by atomic mass is 9.90. The molecule has 0 aliphatic rings. The van der Waals surface area contributed by atoms with E-state index in [1.54, 1.807) is 32.0 Å². The highest BCUT2D eigenvalue weighted by Gasteiger charge is 2.29. The molecule has 1 aromatic heterocycles. The molecule has 1 heterocycles. The normalized spacial score (nSPS) is 11.1.